The Kier molecular flexibility index (Phi) is 5.46. The Bertz CT molecular complexity index is 1670. The Morgan fingerprint density at radius 1 is 0.432 bits per heavy atom. The molecule has 0 saturated heterocycles. The molecule has 0 heteroatoms. The van der Waals surface area contributed by atoms with Gasteiger partial charge in [0.25, 0.3) is 0 Å². The van der Waals surface area contributed by atoms with E-state index in [1.807, 2.05) is 0 Å². The minimum atomic E-state index is 0.00402. The maximum Gasteiger partial charge on any atom is 0.0159 e. The Hall–Kier alpha value is -3.90. The molecule has 0 unspecified atom stereocenters. The smallest absolute Gasteiger partial charge is 0.0159 e. The molecule has 0 aliphatic heterocycles. The van der Waals surface area contributed by atoms with Gasteiger partial charge in [0.05, 0.1) is 0 Å². The van der Waals surface area contributed by atoms with Crippen LogP contribution in [0.3, 0.4) is 0 Å². The quantitative estimate of drug-likeness (QED) is 0.242. The Labute approximate surface area is 221 Å². The first-order valence-corrected chi connectivity index (χ1v) is 13.3. The van der Waals surface area contributed by atoms with E-state index < -0.39 is 0 Å². The molecule has 1 aliphatic carbocycles. The highest BCUT2D eigenvalue weighted by molar-refractivity contribution is 5.93. The van der Waals surface area contributed by atoms with Crippen molar-refractivity contribution in [1.82, 2.24) is 0 Å². The van der Waals surface area contributed by atoms with Gasteiger partial charge in [0, 0.05) is 5.41 Å². The number of hydrogen-bond acceptors (Lipinski definition) is 0. The van der Waals surface area contributed by atoms with Crippen LogP contribution in [0.2, 0.25) is 0 Å². The average Bonchev–Trinajstić information content (AvgIpc) is 3.10. The second-order valence-electron chi connectivity index (χ2n) is 11.3. The van der Waals surface area contributed by atoms with Crippen molar-refractivity contribution < 1.29 is 0 Å². The number of hydrogen-bond donors (Lipinski definition) is 0. The first-order valence-electron chi connectivity index (χ1n) is 13.3. The first-order chi connectivity index (χ1) is 17.7. The van der Waals surface area contributed by atoms with Crippen LogP contribution in [0.4, 0.5) is 0 Å². The van der Waals surface area contributed by atoms with Crippen LogP contribution >= 0.6 is 0 Å². The fraction of sp³-hybridized carbons (Fsp3) is 0.189. The molecule has 0 nitrogen and oxygen atoms in total. The van der Waals surface area contributed by atoms with E-state index in [2.05, 4.69) is 139 Å². The van der Waals surface area contributed by atoms with Gasteiger partial charge in [-0.3, -0.25) is 0 Å². The SMILES string of the molecule is Cc1ccc2c(c1)C(C)(C)c1cc(C)cc(-c3ccc(-c4ccc(-c5ccccc5)cc4C)c(C)c3)c1-2. The van der Waals surface area contributed by atoms with Gasteiger partial charge in [0.2, 0.25) is 0 Å². The summed E-state index contributed by atoms with van der Waals surface area (Å²) in [6.07, 6.45) is 0. The van der Waals surface area contributed by atoms with Gasteiger partial charge in [-0.1, -0.05) is 122 Å². The Morgan fingerprint density at radius 3 is 1.70 bits per heavy atom. The van der Waals surface area contributed by atoms with Crippen molar-refractivity contribution in [2.75, 3.05) is 0 Å². The van der Waals surface area contributed by atoms with Crippen LogP contribution in [-0.2, 0) is 5.41 Å². The second-order valence-corrected chi connectivity index (χ2v) is 11.3. The summed E-state index contributed by atoms with van der Waals surface area (Å²) in [5.74, 6) is 0. The van der Waals surface area contributed by atoms with E-state index in [0.717, 1.165) is 0 Å². The van der Waals surface area contributed by atoms with Crippen molar-refractivity contribution in [3.8, 4) is 44.5 Å². The summed E-state index contributed by atoms with van der Waals surface area (Å²) in [6, 6.07) is 36.2. The van der Waals surface area contributed by atoms with Gasteiger partial charge in [-0.15, -0.1) is 0 Å². The van der Waals surface area contributed by atoms with Crippen molar-refractivity contribution >= 4 is 0 Å². The molecular formula is C37H34. The van der Waals surface area contributed by atoms with E-state index in [4.69, 9.17) is 0 Å². The summed E-state index contributed by atoms with van der Waals surface area (Å²) < 4.78 is 0. The second kappa shape index (κ2) is 8.60. The fourth-order valence-electron chi connectivity index (χ4n) is 6.24. The minimum absolute atomic E-state index is 0.00402. The summed E-state index contributed by atoms with van der Waals surface area (Å²) in [5.41, 5.74) is 18.7. The third-order valence-electron chi connectivity index (χ3n) is 8.23. The third kappa shape index (κ3) is 3.83. The number of fused-ring (bicyclic) bond motifs is 3. The van der Waals surface area contributed by atoms with Crippen molar-refractivity contribution in [2.45, 2.75) is 47.0 Å². The van der Waals surface area contributed by atoms with Gasteiger partial charge >= 0.3 is 0 Å². The molecule has 37 heavy (non-hydrogen) atoms. The predicted molar refractivity (Wildman–Crippen MR) is 159 cm³/mol. The molecule has 6 rings (SSSR count). The van der Waals surface area contributed by atoms with Crippen LogP contribution in [0.25, 0.3) is 44.5 Å². The number of aryl methyl sites for hydroxylation is 4. The van der Waals surface area contributed by atoms with Crippen LogP contribution in [0.1, 0.15) is 47.2 Å². The molecule has 5 aromatic carbocycles. The van der Waals surface area contributed by atoms with Gasteiger partial charge in [-0.2, -0.15) is 0 Å². The van der Waals surface area contributed by atoms with Crippen molar-refractivity contribution in [2.24, 2.45) is 0 Å². The lowest BCUT2D eigenvalue weighted by Crippen LogP contribution is -2.15. The third-order valence-corrected chi connectivity index (χ3v) is 8.23. The van der Waals surface area contributed by atoms with Crippen LogP contribution in [-0.4, -0.2) is 0 Å². The molecule has 0 atom stereocenters. The number of rotatable bonds is 3. The molecule has 5 aromatic rings. The first kappa shape index (κ1) is 23.5. The van der Waals surface area contributed by atoms with Crippen LogP contribution < -0.4 is 0 Å². The summed E-state index contributed by atoms with van der Waals surface area (Å²) in [5, 5.41) is 0. The Balaban J connectivity index is 1.46. The van der Waals surface area contributed by atoms with Crippen LogP contribution in [0.5, 0.6) is 0 Å². The maximum atomic E-state index is 2.40. The van der Waals surface area contributed by atoms with E-state index in [1.165, 1.54) is 77.9 Å². The highest BCUT2D eigenvalue weighted by atomic mass is 14.4. The van der Waals surface area contributed by atoms with Crippen molar-refractivity contribution in [3.63, 3.8) is 0 Å². The molecule has 0 heterocycles. The topological polar surface area (TPSA) is 0 Å². The van der Waals surface area contributed by atoms with E-state index in [0.29, 0.717) is 0 Å². The lowest BCUT2D eigenvalue weighted by atomic mass is 9.81. The molecule has 0 saturated carbocycles. The van der Waals surface area contributed by atoms with Gasteiger partial charge in [0.1, 0.15) is 0 Å². The van der Waals surface area contributed by atoms with Crippen LogP contribution in [0, 0.1) is 27.7 Å². The monoisotopic (exact) mass is 478 g/mol. The zero-order valence-corrected chi connectivity index (χ0v) is 22.7. The average molecular weight is 479 g/mol. The standard InChI is InChI=1S/C37H34/c1-23-12-15-32-34(19-23)37(5,6)35-20-24(2)18-33(36(32)35)29-14-17-31(26(4)22-29)30-16-13-28(21-25(30)3)27-10-8-7-9-11-27/h7-22H,1-6H3. The van der Waals surface area contributed by atoms with Crippen LogP contribution in [0.15, 0.2) is 97.1 Å². The van der Waals surface area contributed by atoms with E-state index in [9.17, 15) is 0 Å². The molecule has 0 amide bonds. The maximum absolute atomic E-state index is 2.40. The summed E-state index contributed by atoms with van der Waals surface area (Å²) >= 11 is 0. The van der Waals surface area contributed by atoms with Crippen molar-refractivity contribution in [3.05, 3.63) is 130 Å². The van der Waals surface area contributed by atoms with Gasteiger partial charge < -0.3 is 0 Å². The van der Waals surface area contributed by atoms with E-state index in [1.54, 1.807) is 0 Å². The van der Waals surface area contributed by atoms with Gasteiger partial charge in [-0.25, -0.2) is 0 Å². The predicted octanol–water partition coefficient (Wildman–Crippen LogP) is 10.2. The molecule has 0 aromatic heterocycles. The zero-order chi connectivity index (χ0) is 25.9. The highest BCUT2D eigenvalue weighted by Gasteiger charge is 2.37. The lowest BCUT2D eigenvalue weighted by molar-refractivity contribution is 0.659. The molecule has 0 fully saturated rings. The Morgan fingerprint density at radius 2 is 1.03 bits per heavy atom. The molecule has 182 valence electrons. The lowest BCUT2D eigenvalue weighted by Gasteiger charge is -2.23. The summed E-state index contributed by atoms with van der Waals surface area (Å²) in [7, 11) is 0. The highest BCUT2D eigenvalue weighted by Crippen LogP contribution is 2.53. The van der Waals surface area contributed by atoms with Gasteiger partial charge in [0.15, 0.2) is 0 Å². The molecule has 1 aliphatic rings. The van der Waals surface area contributed by atoms with E-state index >= 15 is 0 Å². The molecule has 0 bridgehead atoms. The molecule has 0 spiro atoms. The largest absolute Gasteiger partial charge is 0.0622 e. The number of benzene rings is 5. The fourth-order valence-corrected chi connectivity index (χ4v) is 6.24. The van der Waals surface area contributed by atoms with Gasteiger partial charge in [-0.05, 0) is 94.5 Å². The van der Waals surface area contributed by atoms with E-state index in [-0.39, 0.29) is 5.41 Å². The zero-order valence-electron chi connectivity index (χ0n) is 22.7. The molecule has 0 N–H and O–H groups in total. The summed E-state index contributed by atoms with van der Waals surface area (Å²) in [6.45, 7) is 13.6. The minimum Gasteiger partial charge on any atom is -0.0622 e. The molecule has 0 radical (unpaired) electrons. The normalized spacial score (nSPS) is 13.4. The summed E-state index contributed by atoms with van der Waals surface area (Å²) in [4.78, 5) is 0. The molecular weight excluding hydrogens is 444 g/mol. The van der Waals surface area contributed by atoms with Crippen molar-refractivity contribution in [1.29, 1.82) is 0 Å².